The molecule has 1 aromatic rings. The Morgan fingerprint density at radius 2 is 2.42 bits per heavy atom. The second-order valence-electron chi connectivity index (χ2n) is 2.41. The van der Waals surface area contributed by atoms with Crippen molar-refractivity contribution < 1.29 is 5.11 Å². The van der Waals surface area contributed by atoms with Crippen molar-refractivity contribution in [3.8, 4) is 0 Å². The fraction of sp³-hybridized carbons (Fsp3) is 0.375. The van der Waals surface area contributed by atoms with Gasteiger partial charge in [-0.1, -0.05) is 6.07 Å². The highest BCUT2D eigenvalue weighted by Gasteiger charge is 2.08. The number of rotatable bonds is 3. The summed E-state index contributed by atoms with van der Waals surface area (Å²) in [5.74, 6) is 0. The van der Waals surface area contributed by atoms with Crippen LogP contribution in [0.1, 0.15) is 11.7 Å². The molecule has 0 aliphatic carbocycles. The van der Waals surface area contributed by atoms with Gasteiger partial charge in [0.1, 0.15) is 4.60 Å². The van der Waals surface area contributed by atoms with Crippen molar-refractivity contribution in [2.24, 2.45) is 0 Å². The monoisotopic (exact) mass is 230 g/mol. The molecule has 12 heavy (non-hydrogen) atoms. The summed E-state index contributed by atoms with van der Waals surface area (Å²) < 4.78 is 0.786. The molecular weight excluding hydrogens is 220 g/mol. The lowest BCUT2D eigenvalue weighted by Crippen LogP contribution is -2.20. The lowest BCUT2D eigenvalue weighted by Gasteiger charge is -2.11. The summed E-state index contributed by atoms with van der Waals surface area (Å²) >= 11 is 3.27. The maximum Gasteiger partial charge on any atom is 0.106 e. The Morgan fingerprint density at radius 3 is 2.92 bits per heavy atom. The number of aromatic nitrogens is 1. The molecule has 2 N–H and O–H groups in total. The summed E-state index contributed by atoms with van der Waals surface area (Å²) in [5, 5.41) is 11.9. The Kier molecular flexibility index (Phi) is 3.65. The molecule has 1 rings (SSSR count). The molecule has 1 heterocycles. The summed E-state index contributed by atoms with van der Waals surface area (Å²) in [4.78, 5) is 4.21. The third-order valence-electron chi connectivity index (χ3n) is 1.62. The zero-order chi connectivity index (χ0) is 8.97. The van der Waals surface area contributed by atoms with Crippen LogP contribution in [0.2, 0.25) is 0 Å². The summed E-state index contributed by atoms with van der Waals surface area (Å²) in [7, 11) is 1.80. The minimum atomic E-state index is -0.0810. The summed E-state index contributed by atoms with van der Waals surface area (Å²) in [6, 6.07) is 5.55. The molecule has 0 bridgehead atoms. The molecule has 0 aliphatic rings. The standard InChI is InChI=1S/C8H11BrN2O/c1-10-7(5-12)6-3-2-4-8(9)11-6/h2-4,7,10,12H,5H2,1H3. The van der Waals surface area contributed by atoms with Crippen LogP contribution in [0.3, 0.4) is 0 Å². The molecule has 0 fully saturated rings. The van der Waals surface area contributed by atoms with Gasteiger partial charge >= 0.3 is 0 Å². The molecule has 0 aromatic carbocycles. The van der Waals surface area contributed by atoms with E-state index in [2.05, 4.69) is 26.2 Å². The van der Waals surface area contributed by atoms with Gasteiger partial charge in [0.15, 0.2) is 0 Å². The molecule has 0 amide bonds. The number of hydrogen-bond donors (Lipinski definition) is 2. The van der Waals surface area contributed by atoms with Gasteiger partial charge in [-0.15, -0.1) is 0 Å². The van der Waals surface area contributed by atoms with Crippen molar-refractivity contribution in [3.05, 3.63) is 28.5 Å². The molecule has 3 nitrogen and oxygen atoms in total. The third kappa shape index (κ3) is 2.27. The van der Waals surface area contributed by atoms with Gasteiger partial charge in [-0.25, -0.2) is 4.98 Å². The van der Waals surface area contributed by atoms with Crippen LogP contribution in [0.15, 0.2) is 22.8 Å². The molecule has 1 unspecified atom stereocenters. The van der Waals surface area contributed by atoms with Gasteiger partial charge in [-0.05, 0) is 35.1 Å². The van der Waals surface area contributed by atoms with Gasteiger partial charge < -0.3 is 10.4 Å². The van der Waals surface area contributed by atoms with Gasteiger partial charge in [0.2, 0.25) is 0 Å². The second kappa shape index (κ2) is 4.54. The van der Waals surface area contributed by atoms with Crippen LogP contribution in [-0.4, -0.2) is 23.7 Å². The van der Waals surface area contributed by atoms with Crippen LogP contribution in [0.25, 0.3) is 0 Å². The first-order chi connectivity index (χ1) is 5.77. The zero-order valence-electron chi connectivity index (χ0n) is 6.79. The van der Waals surface area contributed by atoms with E-state index in [4.69, 9.17) is 5.11 Å². The third-order valence-corrected chi connectivity index (χ3v) is 2.07. The van der Waals surface area contributed by atoms with E-state index in [1.165, 1.54) is 0 Å². The lowest BCUT2D eigenvalue weighted by atomic mass is 10.2. The van der Waals surface area contributed by atoms with Crippen LogP contribution >= 0.6 is 15.9 Å². The van der Waals surface area contributed by atoms with E-state index in [9.17, 15) is 0 Å². The molecule has 0 saturated carbocycles. The summed E-state index contributed by atoms with van der Waals surface area (Å²) in [5.41, 5.74) is 0.842. The molecule has 0 radical (unpaired) electrons. The highest BCUT2D eigenvalue weighted by Crippen LogP contribution is 2.12. The topological polar surface area (TPSA) is 45.1 Å². The van der Waals surface area contributed by atoms with Crippen LogP contribution in [0, 0.1) is 0 Å². The molecule has 0 saturated heterocycles. The Labute approximate surface area is 80.0 Å². The van der Waals surface area contributed by atoms with E-state index in [0.29, 0.717) is 0 Å². The maximum atomic E-state index is 8.95. The Balaban J connectivity index is 2.85. The van der Waals surface area contributed by atoms with Crippen molar-refractivity contribution >= 4 is 15.9 Å². The number of pyridine rings is 1. The van der Waals surface area contributed by atoms with Crippen LogP contribution in [-0.2, 0) is 0 Å². The van der Waals surface area contributed by atoms with Gasteiger partial charge in [0, 0.05) is 0 Å². The fourth-order valence-corrected chi connectivity index (χ4v) is 1.31. The minimum Gasteiger partial charge on any atom is -0.394 e. The maximum absolute atomic E-state index is 8.95. The predicted molar refractivity (Wildman–Crippen MR) is 50.8 cm³/mol. The highest BCUT2D eigenvalue weighted by molar-refractivity contribution is 9.10. The van der Waals surface area contributed by atoms with E-state index < -0.39 is 0 Å². The largest absolute Gasteiger partial charge is 0.394 e. The molecular formula is C8H11BrN2O. The number of aliphatic hydroxyl groups excluding tert-OH is 1. The fourth-order valence-electron chi connectivity index (χ4n) is 0.951. The molecule has 1 aromatic heterocycles. The molecule has 0 aliphatic heterocycles. The quantitative estimate of drug-likeness (QED) is 0.765. The smallest absolute Gasteiger partial charge is 0.106 e. The van der Waals surface area contributed by atoms with E-state index in [0.717, 1.165) is 10.3 Å². The SMILES string of the molecule is CNC(CO)c1cccc(Br)n1. The molecule has 0 spiro atoms. The van der Waals surface area contributed by atoms with Gasteiger partial charge in [0.05, 0.1) is 18.3 Å². The molecule has 4 heteroatoms. The van der Waals surface area contributed by atoms with Crippen LogP contribution < -0.4 is 5.32 Å². The van der Waals surface area contributed by atoms with E-state index >= 15 is 0 Å². The Hall–Kier alpha value is -0.450. The number of aliphatic hydroxyl groups is 1. The summed E-state index contributed by atoms with van der Waals surface area (Å²) in [6.45, 7) is 0.0555. The first kappa shape index (κ1) is 9.64. The van der Waals surface area contributed by atoms with Crippen molar-refractivity contribution in [1.82, 2.24) is 10.3 Å². The molecule has 1 atom stereocenters. The van der Waals surface area contributed by atoms with Crippen molar-refractivity contribution in [2.45, 2.75) is 6.04 Å². The van der Waals surface area contributed by atoms with Crippen molar-refractivity contribution in [3.63, 3.8) is 0 Å². The number of hydrogen-bond acceptors (Lipinski definition) is 3. The van der Waals surface area contributed by atoms with Crippen molar-refractivity contribution in [2.75, 3.05) is 13.7 Å². The highest BCUT2D eigenvalue weighted by atomic mass is 79.9. The van der Waals surface area contributed by atoms with Crippen LogP contribution in [0.5, 0.6) is 0 Å². The lowest BCUT2D eigenvalue weighted by molar-refractivity contribution is 0.248. The average molecular weight is 231 g/mol. The van der Waals surface area contributed by atoms with Crippen LogP contribution in [0.4, 0.5) is 0 Å². The first-order valence-electron chi connectivity index (χ1n) is 3.68. The number of nitrogens with one attached hydrogen (secondary N) is 1. The van der Waals surface area contributed by atoms with Gasteiger partial charge in [0.25, 0.3) is 0 Å². The number of likely N-dealkylation sites (N-methyl/N-ethyl adjacent to an activating group) is 1. The summed E-state index contributed by atoms with van der Waals surface area (Å²) in [6.07, 6.45) is 0. The van der Waals surface area contributed by atoms with Crippen molar-refractivity contribution in [1.29, 1.82) is 0 Å². The average Bonchev–Trinajstić information content (AvgIpc) is 2.07. The second-order valence-corrected chi connectivity index (χ2v) is 3.22. The Morgan fingerprint density at radius 1 is 1.67 bits per heavy atom. The van der Waals surface area contributed by atoms with Gasteiger partial charge in [-0.2, -0.15) is 0 Å². The molecule has 66 valence electrons. The minimum absolute atomic E-state index is 0.0555. The van der Waals surface area contributed by atoms with E-state index in [1.54, 1.807) is 7.05 Å². The number of nitrogens with zero attached hydrogens (tertiary/aromatic N) is 1. The van der Waals surface area contributed by atoms with E-state index in [1.807, 2.05) is 18.2 Å². The van der Waals surface area contributed by atoms with E-state index in [-0.39, 0.29) is 12.6 Å². The predicted octanol–water partition coefficient (Wildman–Crippen LogP) is 1.10. The zero-order valence-corrected chi connectivity index (χ0v) is 8.37. The number of halogens is 1. The first-order valence-corrected chi connectivity index (χ1v) is 4.48. The normalized spacial score (nSPS) is 12.9. The Bertz CT molecular complexity index is 251. The van der Waals surface area contributed by atoms with Gasteiger partial charge in [-0.3, -0.25) is 0 Å².